The molecule has 0 spiro atoms. The molecule has 1 atom stereocenters. The molecule has 0 unspecified atom stereocenters. The topological polar surface area (TPSA) is 71.5 Å². The first-order chi connectivity index (χ1) is 11.8. The lowest BCUT2D eigenvalue weighted by Gasteiger charge is -2.24. The van der Waals surface area contributed by atoms with Gasteiger partial charge in [0.15, 0.2) is 0 Å². The molecule has 3 rings (SSSR count). The quantitative estimate of drug-likeness (QED) is 0.908. The van der Waals surface area contributed by atoms with Crippen molar-refractivity contribution in [2.45, 2.75) is 32.8 Å². The first kappa shape index (κ1) is 17.2. The number of aromatic nitrogens is 1. The second-order valence-corrected chi connectivity index (χ2v) is 7.28. The molecule has 25 heavy (non-hydrogen) atoms. The van der Waals surface area contributed by atoms with Crippen molar-refractivity contribution in [2.24, 2.45) is 5.92 Å². The van der Waals surface area contributed by atoms with E-state index in [9.17, 15) is 9.59 Å². The van der Waals surface area contributed by atoms with Crippen molar-refractivity contribution in [3.63, 3.8) is 0 Å². The SMILES string of the molecule is CC(C)(C)OC(=O)N1CC[C@H](C(=O)Nc2cccc3cccnc23)C1. The van der Waals surface area contributed by atoms with Gasteiger partial charge in [0, 0.05) is 24.7 Å². The highest BCUT2D eigenvalue weighted by atomic mass is 16.6. The summed E-state index contributed by atoms with van der Waals surface area (Å²) in [5.41, 5.74) is 0.922. The number of carbonyl (C=O) groups is 2. The number of likely N-dealkylation sites (tertiary alicyclic amines) is 1. The summed E-state index contributed by atoms with van der Waals surface area (Å²) in [7, 11) is 0. The number of hydrogen-bond acceptors (Lipinski definition) is 4. The molecule has 1 aromatic heterocycles. The minimum Gasteiger partial charge on any atom is -0.444 e. The Labute approximate surface area is 147 Å². The summed E-state index contributed by atoms with van der Waals surface area (Å²) in [5, 5.41) is 3.93. The summed E-state index contributed by atoms with van der Waals surface area (Å²) in [6.45, 7) is 6.40. The van der Waals surface area contributed by atoms with Gasteiger partial charge < -0.3 is 15.0 Å². The fourth-order valence-electron chi connectivity index (χ4n) is 2.91. The first-order valence-electron chi connectivity index (χ1n) is 8.46. The van der Waals surface area contributed by atoms with Crippen molar-refractivity contribution in [1.82, 2.24) is 9.88 Å². The molecular weight excluding hydrogens is 318 g/mol. The van der Waals surface area contributed by atoms with Crippen molar-refractivity contribution in [3.8, 4) is 0 Å². The Morgan fingerprint density at radius 2 is 2.00 bits per heavy atom. The number of para-hydroxylation sites is 1. The molecule has 1 fully saturated rings. The van der Waals surface area contributed by atoms with Crippen LogP contribution in [0.4, 0.5) is 10.5 Å². The van der Waals surface area contributed by atoms with Gasteiger partial charge in [-0.25, -0.2) is 4.79 Å². The zero-order chi connectivity index (χ0) is 18.0. The summed E-state index contributed by atoms with van der Waals surface area (Å²) in [5.74, 6) is -0.337. The van der Waals surface area contributed by atoms with Crippen LogP contribution in [-0.4, -0.2) is 40.6 Å². The van der Waals surface area contributed by atoms with Gasteiger partial charge in [0.25, 0.3) is 0 Å². The van der Waals surface area contributed by atoms with Gasteiger partial charge in [0.1, 0.15) is 5.60 Å². The van der Waals surface area contributed by atoms with Crippen LogP contribution in [0.25, 0.3) is 10.9 Å². The average Bonchev–Trinajstić information content (AvgIpc) is 3.04. The largest absolute Gasteiger partial charge is 0.444 e. The van der Waals surface area contributed by atoms with Crippen LogP contribution in [0.2, 0.25) is 0 Å². The lowest BCUT2D eigenvalue weighted by molar-refractivity contribution is -0.119. The maximum Gasteiger partial charge on any atom is 0.410 e. The van der Waals surface area contributed by atoms with E-state index < -0.39 is 5.60 Å². The van der Waals surface area contributed by atoms with E-state index in [4.69, 9.17) is 4.74 Å². The molecular formula is C19H23N3O3. The second-order valence-electron chi connectivity index (χ2n) is 7.28. The van der Waals surface area contributed by atoms with E-state index in [1.165, 1.54) is 0 Å². The molecule has 1 saturated heterocycles. The number of pyridine rings is 1. The Balaban J connectivity index is 1.65. The highest BCUT2D eigenvalue weighted by molar-refractivity contribution is 6.01. The predicted octanol–water partition coefficient (Wildman–Crippen LogP) is 3.43. The van der Waals surface area contributed by atoms with E-state index in [2.05, 4.69) is 10.3 Å². The number of ether oxygens (including phenoxy) is 1. The third kappa shape index (κ3) is 4.07. The molecule has 2 amide bonds. The van der Waals surface area contributed by atoms with Crippen molar-refractivity contribution >= 4 is 28.6 Å². The molecule has 6 nitrogen and oxygen atoms in total. The normalized spacial score (nSPS) is 17.6. The molecule has 0 radical (unpaired) electrons. The second kappa shape index (κ2) is 6.70. The molecule has 1 aromatic carbocycles. The smallest absolute Gasteiger partial charge is 0.410 e. The summed E-state index contributed by atoms with van der Waals surface area (Å²) < 4.78 is 5.37. The van der Waals surface area contributed by atoms with Crippen LogP contribution in [0.1, 0.15) is 27.2 Å². The number of amides is 2. The summed E-state index contributed by atoms with van der Waals surface area (Å²) >= 11 is 0. The summed E-state index contributed by atoms with van der Waals surface area (Å²) in [6, 6.07) is 9.51. The van der Waals surface area contributed by atoms with Gasteiger partial charge in [-0.2, -0.15) is 0 Å². The standard InChI is InChI=1S/C19H23N3O3/c1-19(2,3)25-18(24)22-11-9-14(12-22)17(23)21-15-8-4-6-13-7-5-10-20-16(13)15/h4-8,10,14H,9,11-12H2,1-3H3,(H,21,23)/t14-/m0/s1. The minimum atomic E-state index is -0.536. The zero-order valence-corrected chi connectivity index (χ0v) is 14.8. The predicted molar refractivity (Wildman–Crippen MR) is 96.3 cm³/mol. The number of hydrogen-bond donors (Lipinski definition) is 1. The zero-order valence-electron chi connectivity index (χ0n) is 14.8. The molecule has 1 aliphatic heterocycles. The van der Waals surface area contributed by atoms with E-state index in [1.807, 2.05) is 51.1 Å². The minimum absolute atomic E-state index is 0.0933. The molecule has 2 aromatic rings. The third-order valence-corrected chi connectivity index (χ3v) is 4.10. The maximum absolute atomic E-state index is 12.6. The van der Waals surface area contributed by atoms with Crippen LogP contribution in [0.15, 0.2) is 36.5 Å². The molecule has 0 saturated carbocycles. The Bertz CT molecular complexity index is 793. The van der Waals surface area contributed by atoms with Gasteiger partial charge in [-0.05, 0) is 39.3 Å². The van der Waals surface area contributed by atoms with E-state index in [1.54, 1.807) is 11.1 Å². The van der Waals surface area contributed by atoms with Crippen LogP contribution in [0.5, 0.6) is 0 Å². The number of nitrogens with one attached hydrogen (secondary N) is 1. The number of carbonyl (C=O) groups excluding carboxylic acids is 2. The highest BCUT2D eigenvalue weighted by Crippen LogP contribution is 2.24. The Hall–Kier alpha value is -2.63. The van der Waals surface area contributed by atoms with Gasteiger partial charge in [-0.3, -0.25) is 9.78 Å². The van der Waals surface area contributed by atoms with Crippen LogP contribution >= 0.6 is 0 Å². The van der Waals surface area contributed by atoms with E-state index >= 15 is 0 Å². The Morgan fingerprint density at radius 3 is 2.76 bits per heavy atom. The Kier molecular flexibility index (Phi) is 4.61. The maximum atomic E-state index is 12.6. The number of benzene rings is 1. The van der Waals surface area contributed by atoms with Crippen LogP contribution in [0.3, 0.4) is 0 Å². The van der Waals surface area contributed by atoms with Gasteiger partial charge in [-0.15, -0.1) is 0 Å². The summed E-state index contributed by atoms with van der Waals surface area (Å²) in [4.78, 5) is 30.7. The molecule has 0 bridgehead atoms. The fraction of sp³-hybridized carbons (Fsp3) is 0.421. The van der Waals surface area contributed by atoms with Crippen LogP contribution in [-0.2, 0) is 9.53 Å². The molecule has 132 valence electrons. The monoisotopic (exact) mass is 341 g/mol. The van der Waals surface area contributed by atoms with Crippen molar-refractivity contribution in [1.29, 1.82) is 0 Å². The van der Waals surface area contributed by atoms with Crippen molar-refractivity contribution < 1.29 is 14.3 Å². The van der Waals surface area contributed by atoms with Gasteiger partial charge in [0.2, 0.25) is 5.91 Å². The van der Waals surface area contributed by atoms with E-state index in [-0.39, 0.29) is 17.9 Å². The number of anilines is 1. The van der Waals surface area contributed by atoms with E-state index in [0.717, 1.165) is 10.9 Å². The lowest BCUT2D eigenvalue weighted by Crippen LogP contribution is -2.36. The van der Waals surface area contributed by atoms with Gasteiger partial charge in [-0.1, -0.05) is 18.2 Å². The number of rotatable bonds is 2. The highest BCUT2D eigenvalue weighted by Gasteiger charge is 2.33. The van der Waals surface area contributed by atoms with Crippen LogP contribution in [0, 0.1) is 5.92 Å². The number of fused-ring (bicyclic) bond motifs is 1. The Morgan fingerprint density at radius 1 is 1.24 bits per heavy atom. The molecule has 1 N–H and O–H groups in total. The summed E-state index contributed by atoms with van der Waals surface area (Å²) in [6.07, 6.45) is 1.97. The molecule has 6 heteroatoms. The van der Waals surface area contributed by atoms with Crippen LogP contribution < -0.4 is 5.32 Å². The van der Waals surface area contributed by atoms with Gasteiger partial charge >= 0.3 is 6.09 Å². The number of nitrogens with zero attached hydrogens (tertiary/aromatic N) is 2. The molecule has 1 aliphatic rings. The molecule has 0 aliphatic carbocycles. The fourth-order valence-corrected chi connectivity index (χ4v) is 2.91. The van der Waals surface area contributed by atoms with Crippen molar-refractivity contribution in [2.75, 3.05) is 18.4 Å². The molecule has 2 heterocycles. The first-order valence-corrected chi connectivity index (χ1v) is 8.46. The van der Waals surface area contributed by atoms with Crippen molar-refractivity contribution in [3.05, 3.63) is 36.5 Å². The van der Waals surface area contributed by atoms with Gasteiger partial charge in [0.05, 0.1) is 17.1 Å². The average molecular weight is 341 g/mol. The third-order valence-electron chi connectivity index (χ3n) is 4.10. The lowest BCUT2D eigenvalue weighted by atomic mass is 10.1. The van der Waals surface area contributed by atoms with E-state index in [0.29, 0.717) is 25.2 Å².